The molecule has 0 saturated heterocycles. The van der Waals surface area contributed by atoms with Crippen LogP contribution in [0.1, 0.15) is 57.3 Å². The van der Waals surface area contributed by atoms with Crippen LogP contribution in [0.3, 0.4) is 0 Å². The summed E-state index contributed by atoms with van der Waals surface area (Å²) in [5, 5.41) is 4.62. The Morgan fingerprint density at radius 1 is 0.949 bits per heavy atom. The molecule has 1 N–H and O–H groups in total. The molecule has 0 spiro atoms. The maximum absolute atomic E-state index is 14.4. The Kier molecular flexibility index (Phi) is 6.21. The van der Waals surface area contributed by atoms with E-state index in [2.05, 4.69) is 70.5 Å². The molecule has 2 aromatic heterocycles. The molecule has 7 rings (SSSR count). The van der Waals surface area contributed by atoms with Crippen molar-refractivity contribution >= 4 is 23.1 Å². The van der Waals surface area contributed by atoms with Crippen molar-refractivity contribution in [3.05, 3.63) is 99.2 Å². The summed E-state index contributed by atoms with van der Waals surface area (Å²) in [5.41, 5.74) is 8.53. The smallest absolute Gasteiger partial charge is 0.322 e. The number of hydrogen-bond acceptors (Lipinski definition) is 4. The van der Waals surface area contributed by atoms with Crippen LogP contribution >= 0.6 is 11.3 Å². The summed E-state index contributed by atoms with van der Waals surface area (Å²) in [6, 6.07) is 18.5. The molecule has 0 bridgehead atoms. The van der Waals surface area contributed by atoms with Crippen molar-refractivity contribution in [3.63, 3.8) is 0 Å². The number of thiophene rings is 1. The summed E-state index contributed by atoms with van der Waals surface area (Å²) in [5.74, 6) is 0.812. The van der Waals surface area contributed by atoms with Gasteiger partial charge in [-0.25, -0.2) is 4.79 Å². The van der Waals surface area contributed by atoms with E-state index in [1.54, 1.807) is 7.11 Å². The first kappa shape index (κ1) is 24.5. The first-order chi connectivity index (χ1) is 19.1. The van der Waals surface area contributed by atoms with Crippen molar-refractivity contribution in [1.82, 2.24) is 14.4 Å². The van der Waals surface area contributed by atoms with Gasteiger partial charge in [-0.15, -0.1) is 11.3 Å². The van der Waals surface area contributed by atoms with E-state index in [0.717, 1.165) is 55.0 Å². The summed E-state index contributed by atoms with van der Waals surface area (Å²) in [6.07, 6.45) is 7.67. The number of ether oxygens (including phenoxy) is 1. The predicted octanol–water partition coefficient (Wildman–Crippen LogP) is 6.55. The lowest BCUT2D eigenvalue weighted by atomic mass is 9.90. The topological polar surface area (TPSA) is 49.7 Å². The van der Waals surface area contributed by atoms with Gasteiger partial charge in [0.05, 0.1) is 25.4 Å². The van der Waals surface area contributed by atoms with E-state index < -0.39 is 0 Å². The van der Waals surface area contributed by atoms with Crippen LogP contribution < -0.4 is 10.1 Å². The standard InChI is InChI=1S/C32H34N4O2S/c1-34-18-16-25-26-19-36(32(37)33-27-10-5-8-21-7-3-4-9-24(21)27)30(22-12-14-23(38-2)15-13-22)28-11-6-17-35(28)31(26)39-29(25)20-34/h5-6,8,10-15,17,30H,3-4,7,9,16,18-20H2,1-2H3,(H,33,37). The van der Waals surface area contributed by atoms with Crippen LogP contribution in [0.5, 0.6) is 5.75 Å². The van der Waals surface area contributed by atoms with Gasteiger partial charge in [0.25, 0.3) is 0 Å². The molecule has 0 fully saturated rings. The van der Waals surface area contributed by atoms with E-state index in [-0.39, 0.29) is 12.1 Å². The third kappa shape index (κ3) is 4.24. The predicted molar refractivity (Wildman–Crippen MR) is 156 cm³/mol. The number of nitrogens with zero attached hydrogens (tertiary/aromatic N) is 3. The average molecular weight is 539 g/mol. The zero-order chi connectivity index (χ0) is 26.5. The monoisotopic (exact) mass is 538 g/mol. The van der Waals surface area contributed by atoms with Crippen LogP contribution in [-0.2, 0) is 32.4 Å². The third-order valence-corrected chi connectivity index (χ3v) is 9.84. The van der Waals surface area contributed by atoms with E-state index in [1.807, 2.05) is 28.4 Å². The highest BCUT2D eigenvalue weighted by atomic mass is 32.1. The Hall–Kier alpha value is -3.55. The maximum atomic E-state index is 14.4. The quantitative estimate of drug-likeness (QED) is 0.322. The Balaban J connectivity index is 1.35. The molecule has 2 aromatic carbocycles. The molecule has 4 aromatic rings. The van der Waals surface area contributed by atoms with E-state index in [9.17, 15) is 4.79 Å². The minimum absolute atomic E-state index is 0.0525. The normalized spacial score (nSPS) is 18.4. The molecular formula is C32H34N4O2S. The number of aryl methyl sites for hydroxylation is 1. The molecule has 3 aliphatic rings. The van der Waals surface area contributed by atoms with Gasteiger partial charge in [-0.1, -0.05) is 24.3 Å². The first-order valence-electron chi connectivity index (χ1n) is 13.9. The van der Waals surface area contributed by atoms with Crippen LogP contribution in [0, 0.1) is 0 Å². The van der Waals surface area contributed by atoms with Crippen molar-refractivity contribution in [1.29, 1.82) is 0 Å². The Bertz CT molecular complexity index is 1540. The molecule has 1 unspecified atom stereocenters. The molecule has 200 valence electrons. The number of benzene rings is 2. The third-order valence-electron chi connectivity index (χ3n) is 8.59. The van der Waals surface area contributed by atoms with E-state index in [4.69, 9.17) is 4.74 Å². The fraction of sp³-hybridized carbons (Fsp3) is 0.344. The largest absolute Gasteiger partial charge is 0.497 e. The number of urea groups is 1. The van der Waals surface area contributed by atoms with Crippen molar-refractivity contribution in [2.24, 2.45) is 0 Å². The summed E-state index contributed by atoms with van der Waals surface area (Å²) in [4.78, 5) is 20.2. The van der Waals surface area contributed by atoms with Crippen LogP contribution in [0.25, 0.3) is 5.00 Å². The number of methoxy groups -OCH3 is 1. The highest BCUT2D eigenvalue weighted by Gasteiger charge is 2.36. The molecule has 0 saturated carbocycles. The van der Waals surface area contributed by atoms with Gasteiger partial charge in [0.1, 0.15) is 10.8 Å². The highest BCUT2D eigenvalue weighted by molar-refractivity contribution is 7.15. The van der Waals surface area contributed by atoms with Gasteiger partial charge in [-0.3, -0.25) is 0 Å². The summed E-state index contributed by atoms with van der Waals surface area (Å²) in [6.45, 7) is 2.58. The van der Waals surface area contributed by atoms with Gasteiger partial charge in [-0.2, -0.15) is 0 Å². The zero-order valence-electron chi connectivity index (χ0n) is 22.6. The van der Waals surface area contributed by atoms with Crippen LogP contribution in [0.15, 0.2) is 60.8 Å². The molecule has 4 heterocycles. The number of likely N-dealkylation sites (N-methyl/N-ethyl adjacent to an activating group) is 1. The SMILES string of the molecule is COc1ccc(C2c3cccn3-c3sc4c(c3CN2C(=O)Nc2cccc3c2CCCC3)CCN(C)C4)cc1. The fourth-order valence-corrected chi connectivity index (χ4v) is 8.02. The van der Waals surface area contributed by atoms with Crippen LogP contribution in [0.2, 0.25) is 0 Å². The lowest BCUT2D eigenvalue weighted by Crippen LogP contribution is -2.38. The van der Waals surface area contributed by atoms with Crippen LogP contribution in [0.4, 0.5) is 10.5 Å². The minimum Gasteiger partial charge on any atom is -0.497 e. The van der Waals surface area contributed by atoms with E-state index in [0.29, 0.717) is 6.54 Å². The van der Waals surface area contributed by atoms with Crippen LogP contribution in [-0.4, -0.2) is 41.1 Å². The average Bonchev–Trinajstić information content (AvgIpc) is 3.54. The molecule has 1 atom stereocenters. The number of hydrogen-bond donors (Lipinski definition) is 1. The second-order valence-corrected chi connectivity index (χ2v) is 12.0. The van der Waals surface area contributed by atoms with Gasteiger partial charge < -0.3 is 24.4 Å². The lowest BCUT2D eigenvalue weighted by Gasteiger charge is -2.32. The van der Waals surface area contributed by atoms with Crippen molar-refractivity contribution in [3.8, 4) is 10.8 Å². The maximum Gasteiger partial charge on any atom is 0.322 e. The van der Waals surface area contributed by atoms with Gasteiger partial charge in [0.2, 0.25) is 0 Å². The second-order valence-electron chi connectivity index (χ2n) is 11.0. The number of rotatable bonds is 3. The first-order valence-corrected chi connectivity index (χ1v) is 14.7. The van der Waals surface area contributed by atoms with Gasteiger partial charge >= 0.3 is 6.03 Å². The number of aromatic nitrogens is 1. The number of carbonyl (C=O) groups is 1. The number of amides is 2. The summed E-state index contributed by atoms with van der Waals surface area (Å²) >= 11 is 1.88. The van der Waals surface area contributed by atoms with Gasteiger partial charge in [0, 0.05) is 35.4 Å². The molecule has 39 heavy (non-hydrogen) atoms. The minimum atomic E-state index is -0.230. The Morgan fingerprint density at radius 2 is 1.79 bits per heavy atom. The highest BCUT2D eigenvalue weighted by Crippen LogP contribution is 2.44. The van der Waals surface area contributed by atoms with Gasteiger partial charge in [-0.05, 0) is 91.7 Å². The number of fused-ring (bicyclic) bond motifs is 6. The number of anilines is 1. The fourth-order valence-electron chi connectivity index (χ4n) is 6.57. The molecule has 6 nitrogen and oxygen atoms in total. The van der Waals surface area contributed by atoms with Gasteiger partial charge in [0.15, 0.2) is 0 Å². The zero-order valence-corrected chi connectivity index (χ0v) is 23.4. The Labute approximate surface area is 233 Å². The number of carbonyl (C=O) groups excluding carboxylic acids is 1. The lowest BCUT2D eigenvalue weighted by molar-refractivity contribution is 0.194. The Morgan fingerprint density at radius 3 is 2.64 bits per heavy atom. The molecule has 1 aliphatic carbocycles. The molecular weight excluding hydrogens is 504 g/mol. The second kappa shape index (κ2) is 9.88. The summed E-state index contributed by atoms with van der Waals surface area (Å²) in [7, 11) is 3.87. The summed E-state index contributed by atoms with van der Waals surface area (Å²) < 4.78 is 7.77. The van der Waals surface area contributed by atoms with E-state index >= 15 is 0 Å². The van der Waals surface area contributed by atoms with Crippen molar-refractivity contribution in [2.75, 3.05) is 26.0 Å². The van der Waals surface area contributed by atoms with Crippen molar-refractivity contribution in [2.45, 2.75) is 51.2 Å². The molecule has 2 amide bonds. The molecule has 2 aliphatic heterocycles. The molecule has 0 radical (unpaired) electrons. The number of nitrogens with one attached hydrogen (secondary N) is 1. The van der Waals surface area contributed by atoms with E-state index in [1.165, 1.54) is 45.0 Å². The molecule has 7 heteroatoms. The van der Waals surface area contributed by atoms with Crippen molar-refractivity contribution < 1.29 is 9.53 Å².